The van der Waals surface area contributed by atoms with Crippen LogP contribution in [-0.4, -0.2) is 25.3 Å². The van der Waals surface area contributed by atoms with Crippen LogP contribution in [0.1, 0.15) is 29.2 Å². The van der Waals surface area contributed by atoms with Gasteiger partial charge in [-0.25, -0.2) is 0 Å². The Hall–Kier alpha value is -1.46. The summed E-state index contributed by atoms with van der Waals surface area (Å²) in [5.74, 6) is 0.0355. The molecule has 1 aromatic rings. The van der Waals surface area contributed by atoms with Crippen molar-refractivity contribution in [3.8, 4) is 11.5 Å². The van der Waals surface area contributed by atoms with Gasteiger partial charge in [0.25, 0.3) is 0 Å². The van der Waals surface area contributed by atoms with E-state index in [1.54, 1.807) is 13.8 Å². The fourth-order valence-corrected chi connectivity index (χ4v) is 2.48. The topological polar surface area (TPSA) is 81.8 Å². The molecule has 1 unspecified atom stereocenters. The van der Waals surface area contributed by atoms with Crippen molar-refractivity contribution in [3.63, 3.8) is 0 Å². The number of nitrogens with two attached hydrogens (primary N) is 1. The minimum absolute atomic E-state index is 0.193. The number of hydrogen-bond donors (Lipinski definition) is 2. The smallest absolute Gasteiger partial charge is 0.305 e. The molecule has 0 heterocycles. The lowest BCUT2D eigenvalue weighted by molar-refractivity contribution is -0.137. The average Bonchev–Trinajstić information content (AvgIpc) is 2.33. The van der Waals surface area contributed by atoms with Crippen LogP contribution in [0, 0.1) is 13.8 Å². The highest BCUT2D eigenvalue weighted by Crippen LogP contribution is 2.43. The number of benzene rings is 1. The van der Waals surface area contributed by atoms with Gasteiger partial charge in [-0.1, -0.05) is 11.6 Å². The lowest BCUT2D eigenvalue weighted by atomic mass is 9.94. The number of hydrogen-bond acceptors (Lipinski definition) is 4. The summed E-state index contributed by atoms with van der Waals surface area (Å²) in [5, 5.41) is 9.32. The number of halogens is 1. The Kier molecular flexibility index (Phi) is 5.03. The maximum atomic E-state index is 10.8. The van der Waals surface area contributed by atoms with Gasteiger partial charge in [-0.15, -0.1) is 0 Å². The molecular weight excluding hydrogens is 270 g/mol. The summed E-state index contributed by atoms with van der Waals surface area (Å²) >= 11 is 6.20. The normalized spacial score (nSPS) is 12.1. The standard InChI is InChI=1S/C13H18ClNO4/c1-6-10(8(15)5-9(16)17)12(18-3)7(2)11(14)13(6)19-4/h8H,5,15H2,1-4H3,(H,16,17). The highest BCUT2D eigenvalue weighted by Gasteiger charge is 2.25. The van der Waals surface area contributed by atoms with Crippen LogP contribution >= 0.6 is 11.6 Å². The van der Waals surface area contributed by atoms with E-state index >= 15 is 0 Å². The highest BCUT2D eigenvalue weighted by atomic mass is 35.5. The molecule has 0 amide bonds. The van der Waals surface area contributed by atoms with Crippen molar-refractivity contribution in [2.45, 2.75) is 26.3 Å². The first kappa shape index (κ1) is 15.6. The van der Waals surface area contributed by atoms with E-state index in [1.807, 2.05) is 0 Å². The Morgan fingerprint density at radius 1 is 1.26 bits per heavy atom. The van der Waals surface area contributed by atoms with E-state index < -0.39 is 12.0 Å². The summed E-state index contributed by atoms with van der Waals surface area (Å²) in [4.78, 5) is 10.8. The summed E-state index contributed by atoms with van der Waals surface area (Å²) in [5.41, 5.74) is 7.95. The summed E-state index contributed by atoms with van der Waals surface area (Å²) in [6.45, 7) is 3.56. The van der Waals surface area contributed by atoms with Crippen molar-refractivity contribution >= 4 is 17.6 Å². The summed E-state index contributed by atoms with van der Waals surface area (Å²) in [6, 6.07) is -0.683. The van der Waals surface area contributed by atoms with Gasteiger partial charge in [-0.05, 0) is 13.8 Å². The Labute approximate surface area is 117 Å². The van der Waals surface area contributed by atoms with Crippen LogP contribution in [0.25, 0.3) is 0 Å². The Morgan fingerprint density at radius 2 is 1.79 bits per heavy atom. The van der Waals surface area contributed by atoms with E-state index in [-0.39, 0.29) is 6.42 Å². The quantitative estimate of drug-likeness (QED) is 0.869. The largest absolute Gasteiger partial charge is 0.496 e. The van der Waals surface area contributed by atoms with E-state index in [2.05, 4.69) is 0 Å². The van der Waals surface area contributed by atoms with Crippen LogP contribution in [0.15, 0.2) is 0 Å². The molecule has 0 radical (unpaired) electrons. The van der Waals surface area contributed by atoms with Crippen molar-refractivity contribution in [3.05, 3.63) is 21.7 Å². The third-order valence-electron chi connectivity index (χ3n) is 3.03. The highest BCUT2D eigenvalue weighted by molar-refractivity contribution is 6.33. The number of ether oxygens (including phenoxy) is 2. The summed E-state index contributed by atoms with van der Waals surface area (Å²) < 4.78 is 10.6. The molecule has 0 saturated heterocycles. The molecule has 19 heavy (non-hydrogen) atoms. The molecule has 0 spiro atoms. The predicted molar refractivity (Wildman–Crippen MR) is 73.2 cm³/mol. The summed E-state index contributed by atoms with van der Waals surface area (Å²) in [6.07, 6.45) is -0.193. The fourth-order valence-electron chi connectivity index (χ4n) is 2.17. The molecule has 1 atom stereocenters. The number of rotatable bonds is 5. The molecule has 0 saturated carbocycles. The number of carboxylic acids is 1. The average molecular weight is 288 g/mol. The van der Waals surface area contributed by atoms with E-state index in [0.29, 0.717) is 33.2 Å². The van der Waals surface area contributed by atoms with E-state index in [9.17, 15) is 4.79 Å². The molecule has 0 aliphatic heterocycles. The molecule has 5 nitrogen and oxygen atoms in total. The van der Waals surface area contributed by atoms with Gasteiger partial charge in [0.05, 0.1) is 25.7 Å². The van der Waals surface area contributed by atoms with Crippen molar-refractivity contribution in [2.75, 3.05) is 14.2 Å². The van der Waals surface area contributed by atoms with Crippen LogP contribution < -0.4 is 15.2 Å². The molecule has 1 rings (SSSR count). The van der Waals surface area contributed by atoms with Gasteiger partial charge in [0, 0.05) is 22.7 Å². The predicted octanol–water partition coefficient (Wildman–Crippen LogP) is 2.45. The maximum Gasteiger partial charge on any atom is 0.305 e. The van der Waals surface area contributed by atoms with Gasteiger partial charge in [0.15, 0.2) is 0 Å². The van der Waals surface area contributed by atoms with Crippen molar-refractivity contribution in [1.82, 2.24) is 0 Å². The first-order valence-electron chi connectivity index (χ1n) is 5.73. The zero-order valence-corrected chi connectivity index (χ0v) is 12.2. The molecular formula is C13H18ClNO4. The molecule has 106 valence electrons. The number of carboxylic acid groups (broad SMARTS) is 1. The van der Waals surface area contributed by atoms with Gasteiger partial charge in [0.1, 0.15) is 11.5 Å². The summed E-state index contributed by atoms with van der Waals surface area (Å²) in [7, 11) is 3.01. The Morgan fingerprint density at radius 3 is 2.21 bits per heavy atom. The Bertz CT molecular complexity index is 502. The lowest BCUT2D eigenvalue weighted by Gasteiger charge is -2.22. The third-order valence-corrected chi connectivity index (χ3v) is 3.49. The number of methoxy groups -OCH3 is 2. The monoisotopic (exact) mass is 287 g/mol. The molecule has 0 fully saturated rings. The Balaban J connectivity index is 3.51. The maximum absolute atomic E-state index is 10.8. The van der Waals surface area contributed by atoms with Crippen molar-refractivity contribution in [1.29, 1.82) is 0 Å². The first-order valence-corrected chi connectivity index (χ1v) is 6.10. The fraction of sp³-hybridized carbons (Fsp3) is 0.462. The van der Waals surface area contributed by atoms with Crippen LogP contribution in [0.3, 0.4) is 0 Å². The molecule has 1 aromatic carbocycles. The van der Waals surface area contributed by atoms with Gasteiger partial charge in [-0.2, -0.15) is 0 Å². The molecule has 0 aliphatic carbocycles. The van der Waals surface area contributed by atoms with Gasteiger partial charge < -0.3 is 20.3 Å². The van der Waals surface area contributed by atoms with E-state index in [1.165, 1.54) is 14.2 Å². The number of aliphatic carboxylic acids is 1. The molecule has 0 aromatic heterocycles. The molecule has 3 N–H and O–H groups in total. The zero-order valence-electron chi connectivity index (χ0n) is 11.4. The van der Waals surface area contributed by atoms with Crippen molar-refractivity contribution < 1.29 is 19.4 Å². The van der Waals surface area contributed by atoms with E-state index in [4.69, 9.17) is 31.9 Å². The molecule has 0 aliphatic rings. The van der Waals surface area contributed by atoms with E-state index in [0.717, 1.165) is 0 Å². The second kappa shape index (κ2) is 6.12. The van der Waals surface area contributed by atoms with Crippen LogP contribution in [0.2, 0.25) is 5.02 Å². The molecule has 0 bridgehead atoms. The zero-order chi connectivity index (χ0) is 14.7. The van der Waals surface area contributed by atoms with Gasteiger partial charge >= 0.3 is 5.97 Å². The van der Waals surface area contributed by atoms with Gasteiger partial charge in [-0.3, -0.25) is 4.79 Å². The third kappa shape index (κ3) is 2.93. The van der Waals surface area contributed by atoms with Crippen LogP contribution in [0.4, 0.5) is 0 Å². The van der Waals surface area contributed by atoms with Crippen LogP contribution in [0.5, 0.6) is 11.5 Å². The van der Waals surface area contributed by atoms with Gasteiger partial charge in [0.2, 0.25) is 0 Å². The lowest BCUT2D eigenvalue weighted by Crippen LogP contribution is -2.18. The second-order valence-corrected chi connectivity index (χ2v) is 4.63. The SMILES string of the molecule is COc1c(C)c(C(N)CC(=O)O)c(OC)c(C)c1Cl. The number of carbonyl (C=O) groups is 1. The molecule has 6 heteroatoms. The minimum Gasteiger partial charge on any atom is -0.496 e. The first-order chi connectivity index (χ1) is 8.84. The van der Waals surface area contributed by atoms with Crippen molar-refractivity contribution in [2.24, 2.45) is 5.73 Å². The van der Waals surface area contributed by atoms with Crippen LogP contribution in [-0.2, 0) is 4.79 Å². The second-order valence-electron chi connectivity index (χ2n) is 4.25. The minimum atomic E-state index is -0.972.